The Morgan fingerprint density at radius 3 is 2.53 bits per heavy atom. The van der Waals surface area contributed by atoms with Gasteiger partial charge in [0.2, 0.25) is 0 Å². The molecule has 1 heterocycles. The van der Waals surface area contributed by atoms with Crippen molar-refractivity contribution in [3.63, 3.8) is 0 Å². The van der Waals surface area contributed by atoms with Crippen LogP contribution >= 0.6 is 0 Å². The topological polar surface area (TPSA) is 56.8 Å². The molecule has 104 valence electrons. The maximum Gasteiger partial charge on any atom is 0.282 e. The highest BCUT2D eigenvalue weighted by Gasteiger charge is 2.18. The van der Waals surface area contributed by atoms with Gasteiger partial charge in [-0.2, -0.15) is 0 Å². The molecule has 1 aromatic rings. The quantitative estimate of drug-likeness (QED) is 0.906. The largest absolute Gasteiger partial charge is 0.490 e. The van der Waals surface area contributed by atoms with Crippen molar-refractivity contribution in [2.75, 3.05) is 13.2 Å². The second kappa shape index (κ2) is 5.51. The summed E-state index contributed by atoms with van der Waals surface area (Å²) in [6, 6.07) is 8.48. The third-order valence-corrected chi connectivity index (χ3v) is 2.83. The Morgan fingerprint density at radius 1 is 1.32 bits per heavy atom. The summed E-state index contributed by atoms with van der Waals surface area (Å²) in [5.41, 5.74) is 7.07. The van der Waals surface area contributed by atoms with Crippen LogP contribution < -0.4 is 10.5 Å². The van der Waals surface area contributed by atoms with E-state index in [2.05, 4.69) is 37.9 Å². The minimum Gasteiger partial charge on any atom is -0.490 e. The fraction of sp³-hybridized carbons (Fsp3) is 0.533. The zero-order valence-corrected chi connectivity index (χ0v) is 11.8. The lowest BCUT2D eigenvalue weighted by atomic mass is 9.88. The summed E-state index contributed by atoms with van der Waals surface area (Å²) in [4.78, 5) is 3.98. The summed E-state index contributed by atoms with van der Waals surface area (Å²) in [5.74, 6) is 0.853. The predicted octanol–water partition coefficient (Wildman–Crippen LogP) is 2.37. The number of amidine groups is 1. The Bertz CT molecular complexity index is 446. The molecule has 0 amide bonds. The fourth-order valence-corrected chi connectivity index (χ4v) is 2.03. The minimum atomic E-state index is -0.0609. The highest BCUT2D eigenvalue weighted by Crippen LogP contribution is 2.22. The van der Waals surface area contributed by atoms with Crippen molar-refractivity contribution in [2.24, 2.45) is 16.1 Å². The van der Waals surface area contributed by atoms with Crippen molar-refractivity contribution in [2.45, 2.75) is 33.3 Å². The summed E-state index contributed by atoms with van der Waals surface area (Å²) in [7, 11) is 0. The molecule has 4 heteroatoms. The molecule has 4 nitrogen and oxygen atoms in total. The number of benzene rings is 1. The van der Waals surface area contributed by atoms with Crippen LogP contribution in [0.25, 0.3) is 0 Å². The Morgan fingerprint density at radius 2 is 2.00 bits per heavy atom. The van der Waals surface area contributed by atoms with Gasteiger partial charge < -0.3 is 15.2 Å². The van der Waals surface area contributed by atoms with E-state index in [1.165, 1.54) is 5.56 Å². The van der Waals surface area contributed by atoms with Crippen molar-refractivity contribution in [3.05, 3.63) is 29.8 Å². The van der Waals surface area contributed by atoms with E-state index in [4.69, 9.17) is 15.2 Å². The number of ether oxygens (including phenoxy) is 2. The van der Waals surface area contributed by atoms with Gasteiger partial charge in [0.15, 0.2) is 6.10 Å². The smallest absolute Gasteiger partial charge is 0.282 e. The molecule has 0 saturated carbocycles. The molecule has 0 fully saturated rings. The molecular weight excluding hydrogens is 240 g/mol. The van der Waals surface area contributed by atoms with E-state index < -0.39 is 0 Å². The van der Waals surface area contributed by atoms with Gasteiger partial charge in [-0.1, -0.05) is 32.9 Å². The van der Waals surface area contributed by atoms with Crippen LogP contribution in [0.15, 0.2) is 29.3 Å². The SMILES string of the molecule is CC(C)(C)Cc1ccc(OCC2CN=C(N)O2)cc1. The summed E-state index contributed by atoms with van der Waals surface area (Å²) in [5, 5.41) is 0. The molecule has 0 aliphatic carbocycles. The van der Waals surface area contributed by atoms with Crippen molar-refractivity contribution < 1.29 is 9.47 Å². The average molecular weight is 262 g/mol. The Labute approximate surface area is 114 Å². The molecule has 1 unspecified atom stereocenters. The number of aliphatic imine (C=N–C) groups is 1. The zero-order chi connectivity index (χ0) is 13.9. The average Bonchev–Trinajstić information content (AvgIpc) is 2.72. The summed E-state index contributed by atoms with van der Waals surface area (Å²) < 4.78 is 10.9. The van der Waals surface area contributed by atoms with E-state index in [0.29, 0.717) is 18.6 Å². The van der Waals surface area contributed by atoms with Crippen LogP contribution in [-0.4, -0.2) is 25.3 Å². The number of hydrogen-bond donors (Lipinski definition) is 1. The van der Waals surface area contributed by atoms with Gasteiger partial charge in [0, 0.05) is 0 Å². The molecule has 0 saturated heterocycles. The van der Waals surface area contributed by atoms with Gasteiger partial charge in [-0.3, -0.25) is 0 Å². The van der Waals surface area contributed by atoms with Crippen LogP contribution in [0.1, 0.15) is 26.3 Å². The molecule has 1 aliphatic rings. The first-order valence-corrected chi connectivity index (χ1v) is 6.61. The first kappa shape index (κ1) is 13.7. The van der Waals surface area contributed by atoms with Gasteiger partial charge in [-0.15, -0.1) is 0 Å². The Hall–Kier alpha value is -1.71. The van der Waals surface area contributed by atoms with Gasteiger partial charge >= 0.3 is 0 Å². The van der Waals surface area contributed by atoms with E-state index in [9.17, 15) is 0 Å². The maximum atomic E-state index is 5.67. The predicted molar refractivity (Wildman–Crippen MR) is 76.5 cm³/mol. The lowest BCUT2D eigenvalue weighted by Crippen LogP contribution is -2.24. The Kier molecular flexibility index (Phi) is 3.98. The third kappa shape index (κ3) is 4.47. The summed E-state index contributed by atoms with van der Waals surface area (Å²) in [6.45, 7) is 7.76. The highest BCUT2D eigenvalue weighted by molar-refractivity contribution is 5.73. The van der Waals surface area contributed by atoms with Crippen molar-refractivity contribution >= 4 is 6.02 Å². The molecule has 19 heavy (non-hydrogen) atoms. The minimum absolute atomic E-state index is 0.0609. The van der Waals surface area contributed by atoms with Gasteiger partial charge in [0.25, 0.3) is 6.02 Å². The normalized spacial score (nSPS) is 18.9. The van der Waals surface area contributed by atoms with E-state index in [1.54, 1.807) is 0 Å². The molecule has 2 rings (SSSR count). The molecule has 0 bridgehead atoms. The lowest BCUT2D eigenvalue weighted by molar-refractivity contribution is 0.141. The molecule has 0 aromatic heterocycles. The highest BCUT2D eigenvalue weighted by atomic mass is 16.5. The second-order valence-corrected chi connectivity index (χ2v) is 6.11. The van der Waals surface area contributed by atoms with Crippen LogP contribution in [0.5, 0.6) is 5.75 Å². The molecular formula is C15H22N2O2. The van der Waals surface area contributed by atoms with Crippen LogP contribution in [0, 0.1) is 5.41 Å². The van der Waals surface area contributed by atoms with E-state index >= 15 is 0 Å². The number of nitrogens with two attached hydrogens (primary N) is 1. The van der Waals surface area contributed by atoms with Crippen molar-refractivity contribution in [3.8, 4) is 5.75 Å². The second-order valence-electron chi connectivity index (χ2n) is 6.11. The zero-order valence-electron chi connectivity index (χ0n) is 11.8. The van der Waals surface area contributed by atoms with Crippen LogP contribution in [0.3, 0.4) is 0 Å². The lowest BCUT2D eigenvalue weighted by Gasteiger charge is -2.18. The molecule has 1 aromatic carbocycles. The van der Waals surface area contributed by atoms with E-state index in [0.717, 1.165) is 12.2 Å². The molecule has 2 N–H and O–H groups in total. The van der Waals surface area contributed by atoms with E-state index in [1.807, 2.05) is 12.1 Å². The number of hydrogen-bond acceptors (Lipinski definition) is 4. The van der Waals surface area contributed by atoms with Gasteiger partial charge in [-0.25, -0.2) is 4.99 Å². The number of rotatable bonds is 4. The fourth-order valence-electron chi connectivity index (χ4n) is 2.03. The van der Waals surface area contributed by atoms with Gasteiger partial charge in [0.1, 0.15) is 12.4 Å². The monoisotopic (exact) mass is 262 g/mol. The summed E-state index contributed by atoms with van der Waals surface area (Å²) in [6.07, 6.45) is 0.998. The molecule has 0 radical (unpaired) electrons. The molecule has 0 spiro atoms. The van der Waals surface area contributed by atoms with Crippen molar-refractivity contribution in [1.82, 2.24) is 0 Å². The van der Waals surface area contributed by atoms with Crippen molar-refractivity contribution in [1.29, 1.82) is 0 Å². The van der Waals surface area contributed by atoms with Crippen LogP contribution in [0.4, 0.5) is 0 Å². The molecule has 1 atom stereocenters. The number of nitrogens with zero attached hydrogens (tertiary/aromatic N) is 1. The van der Waals surface area contributed by atoms with Crippen LogP contribution in [0.2, 0.25) is 0 Å². The Balaban J connectivity index is 1.82. The van der Waals surface area contributed by atoms with E-state index in [-0.39, 0.29) is 12.1 Å². The first-order chi connectivity index (χ1) is 8.92. The molecule has 1 aliphatic heterocycles. The third-order valence-electron chi connectivity index (χ3n) is 2.83. The van der Waals surface area contributed by atoms with Gasteiger partial charge in [-0.05, 0) is 29.5 Å². The van der Waals surface area contributed by atoms with Gasteiger partial charge in [0.05, 0.1) is 6.54 Å². The summed E-state index contributed by atoms with van der Waals surface area (Å²) >= 11 is 0. The standard InChI is InChI=1S/C15H22N2O2/c1-15(2,3)8-11-4-6-12(7-5-11)18-10-13-9-17-14(16)19-13/h4-7,13H,8-10H2,1-3H3,(H2,16,17). The first-order valence-electron chi connectivity index (χ1n) is 6.61. The van der Waals surface area contributed by atoms with Crippen LogP contribution in [-0.2, 0) is 11.2 Å². The maximum absolute atomic E-state index is 5.67.